The summed E-state index contributed by atoms with van der Waals surface area (Å²) in [7, 11) is 0. The zero-order valence-electron chi connectivity index (χ0n) is 20.0. The van der Waals surface area contributed by atoms with Crippen molar-refractivity contribution in [2.75, 3.05) is 13.2 Å². The van der Waals surface area contributed by atoms with Gasteiger partial charge in [0.2, 0.25) is 5.91 Å². The van der Waals surface area contributed by atoms with Gasteiger partial charge in [0.1, 0.15) is 17.7 Å². The Kier molecular flexibility index (Phi) is 6.39. The van der Waals surface area contributed by atoms with Gasteiger partial charge in [-0.1, -0.05) is 61.4 Å². The van der Waals surface area contributed by atoms with E-state index in [9.17, 15) is 19.5 Å². The molecule has 7 heteroatoms. The molecule has 0 atom stereocenters. The van der Waals surface area contributed by atoms with Crippen LogP contribution in [0.4, 0.5) is 4.79 Å². The van der Waals surface area contributed by atoms with E-state index in [1.165, 1.54) is 18.7 Å². The average Bonchev–Trinajstić information content (AvgIpc) is 3.41. The highest BCUT2D eigenvalue weighted by atomic mass is 16.5. The molecule has 2 aromatic rings. The van der Waals surface area contributed by atoms with Crippen LogP contribution in [0.25, 0.3) is 11.1 Å². The minimum Gasteiger partial charge on any atom is -0.480 e. The number of alkyl carbamates (subject to hydrolysis) is 1. The molecule has 0 radical (unpaired) electrons. The number of hydrogen-bond acceptors (Lipinski definition) is 4. The van der Waals surface area contributed by atoms with E-state index in [4.69, 9.17) is 4.74 Å². The maximum absolute atomic E-state index is 13.6. The van der Waals surface area contributed by atoms with Crippen LogP contribution in [0.15, 0.2) is 48.5 Å². The topological polar surface area (TPSA) is 95.9 Å². The smallest absolute Gasteiger partial charge is 0.408 e. The van der Waals surface area contributed by atoms with Crippen LogP contribution in [0.1, 0.15) is 63.5 Å². The summed E-state index contributed by atoms with van der Waals surface area (Å²) >= 11 is 0. The molecule has 180 valence electrons. The second-order valence-corrected chi connectivity index (χ2v) is 9.65. The normalized spacial score (nSPS) is 16.4. The highest BCUT2D eigenvalue weighted by Gasteiger charge is 2.49. The number of likely N-dealkylation sites (N-methyl/N-ethyl adjacent to an activating group) is 1. The van der Waals surface area contributed by atoms with Gasteiger partial charge in [-0.05, 0) is 55.9 Å². The van der Waals surface area contributed by atoms with Gasteiger partial charge in [0, 0.05) is 12.5 Å². The van der Waals surface area contributed by atoms with Crippen LogP contribution in [-0.4, -0.2) is 52.2 Å². The summed E-state index contributed by atoms with van der Waals surface area (Å²) in [5.41, 5.74) is 1.98. The van der Waals surface area contributed by atoms with Gasteiger partial charge in [0.15, 0.2) is 0 Å². The van der Waals surface area contributed by atoms with Gasteiger partial charge < -0.3 is 20.1 Å². The molecule has 0 heterocycles. The SMILES string of the molecule is CCN(C(=O)C1(NC(=O)OCC2c3ccccc3-c3ccccc32)CCCC1)C(C)(C)C(=O)O. The first-order valence-corrected chi connectivity index (χ1v) is 11.9. The lowest BCUT2D eigenvalue weighted by molar-refractivity contribution is -0.159. The maximum Gasteiger partial charge on any atom is 0.408 e. The Morgan fingerprint density at radius 3 is 2.06 bits per heavy atom. The van der Waals surface area contributed by atoms with Crippen molar-refractivity contribution < 1.29 is 24.2 Å². The second kappa shape index (κ2) is 9.12. The monoisotopic (exact) mass is 464 g/mol. The standard InChI is InChI=1S/C27H32N2O5/c1-4-29(26(2,3)24(31)32)23(30)27(15-9-10-16-27)28-25(33)34-17-22-20-13-7-5-11-18(20)19-12-6-8-14-21(19)22/h5-8,11-14,22H,4,9-10,15-17H2,1-3H3,(H,28,33)(H,31,32). The first kappa shape index (κ1) is 23.8. The third-order valence-corrected chi connectivity index (χ3v) is 7.31. The van der Waals surface area contributed by atoms with E-state index in [-0.39, 0.29) is 25.0 Å². The van der Waals surface area contributed by atoms with Gasteiger partial charge in [-0.25, -0.2) is 9.59 Å². The predicted molar refractivity (Wildman–Crippen MR) is 129 cm³/mol. The lowest BCUT2D eigenvalue weighted by Crippen LogP contribution is -2.64. The predicted octanol–water partition coefficient (Wildman–Crippen LogP) is 4.55. The molecular formula is C27H32N2O5. The third-order valence-electron chi connectivity index (χ3n) is 7.31. The highest BCUT2D eigenvalue weighted by molar-refractivity contribution is 5.94. The molecule has 34 heavy (non-hydrogen) atoms. The quantitative estimate of drug-likeness (QED) is 0.627. The van der Waals surface area contributed by atoms with Gasteiger partial charge >= 0.3 is 12.1 Å². The Balaban J connectivity index is 1.50. The van der Waals surface area contributed by atoms with Crippen LogP contribution in [0.2, 0.25) is 0 Å². The minimum atomic E-state index is -1.38. The maximum atomic E-state index is 13.6. The summed E-state index contributed by atoms with van der Waals surface area (Å²) in [6, 6.07) is 16.2. The highest BCUT2D eigenvalue weighted by Crippen LogP contribution is 2.44. The van der Waals surface area contributed by atoms with Crippen molar-refractivity contribution >= 4 is 18.0 Å². The van der Waals surface area contributed by atoms with Crippen LogP contribution in [0, 0.1) is 0 Å². The van der Waals surface area contributed by atoms with Crippen molar-refractivity contribution in [3.63, 3.8) is 0 Å². The van der Waals surface area contributed by atoms with Gasteiger partial charge in [-0.3, -0.25) is 4.79 Å². The van der Waals surface area contributed by atoms with E-state index < -0.39 is 23.1 Å². The zero-order chi connectivity index (χ0) is 24.5. The molecule has 2 aromatic carbocycles. The van der Waals surface area contributed by atoms with E-state index in [0.717, 1.165) is 35.1 Å². The minimum absolute atomic E-state index is 0.0773. The lowest BCUT2D eigenvalue weighted by Gasteiger charge is -2.40. The molecule has 2 N–H and O–H groups in total. The van der Waals surface area contributed by atoms with Crippen molar-refractivity contribution in [3.05, 3.63) is 59.7 Å². The Hall–Kier alpha value is -3.35. The second-order valence-electron chi connectivity index (χ2n) is 9.65. The zero-order valence-corrected chi connectivity index (χ0v) is 20.0. The van der Waals surface area contributed by atoms with E-state index >= 15 is 0 Å². The molecule has 0 aliphatic heterocycles. The fourth-order valence-corrected chi connectivity index (χ4v) is 5.37. The number of carboxylic acids is 1. The van der Waals surface area contributed by atoms with E-state index in [1.807, 2.05) is 24.3 Å². The number of carboxylic acid groups (broad SMARTS) is 1. The van der Waals surface area contributed by atoms with Gasteiger partial charge in [0.25, 0.3) is 0 Å². The first-order valence-electron chi connectivity index (χ1n) is 11.9. The molecular weight excluding hydrogens is 432 g/mol. The molecule has 2 amide bonds. The molecule has 4 rings (SSSR count). The number of ether oxygens (including phenoxy) is 1. The molecule has 0 spiro atoms. The lowest BCUT2D eigenvalue weighted by atomic mass is 9.92. The number of aliphatic carboxylic acids is 1. The molecule has 1 saturated carbocycles. The molecule has 2 aliphatic carbocycles. The fraction of sp³-hybridized carbons (Fsp3) is 0.444. The molecule has 0 unspecified atom stereocenters. The van der Waals surface area contributed by atoms with E-state index in [1.54, 1.807) is 6.92 Å². The average molecular weight is 465 g/mol. The van der Waals surface area contributed by atoms with Crippen molar-refractivity contribution in [1.29, 1.82) is 0 Å². The molecule has 1 fully saturated rings. The Labute approximate surface area is 200 Å². The number of amides is 2. The molecule has 0 saturated heterocycles. The molecule has 0 aromatic heterocycles. The summed E-state index contributed by atoms with van der Waals surface area (Å²) in [5, 5.41) is 12.5. The van der Waals surface area contributed by atoms with E-state index in [0.29, 0.717) is 12.8 Å². The van der Waals surface area contributed by atoms with Gasteiger partial charge in [0.05, 0.1) is 0 Å². The number of carbonyl (C=O) groups excluding carboxylic acids is 2. The van der Waals surface area contributed by atoms with Crippen LogP contribution >= 0.6 is 0 Å². The summed E-state index contributed by atoms with van der Waals surface area (Å²) in [5.74, 6) is -1.53. The summed E-state index contributed by atoms with van der Waals surface area (Å²) in [6.45, 7) is 5.15. The summed E-state index contributed by atoms with van der Waals surface area (Å²) in [4.78, 5) is 39.7. The van der Waals surface area contributed by atoms with Crippen molar-refractivity contribution in [2.45, 2.75) is 63.5 Å². The Morgan fingerprint density at radius 1 is 1.03 bits per heavy atom. The largest absolute Gasteiger partial charge is 0.480 e. The molecule has 7 nitrogen and oxygen atoms in total. The number of benzene rings is 2. The summed E-state index contributed by atoms with van der Waals surface area (Å²) < 4.78 is 5.69. The van der Waals surface area contributed by atoms with Crippen molar-refractivity contribution in [1.82, 2.24) is 10.2 Å². The molecule has 0 bridgehead atoms. The van der Waals surface area contributed by atoms with Crippen LogP contribution in [-0.2, 0) is 14.3 Å². The number of carbonyl (C=O) groups is 3. The van der Waals surface area contributed by atoms with Crippen LogP contribution in [0.5, 0.6) is 0 Å². The van der Waals surface area contributed by atoms with E-state index in [2.05, 4.69) is 29.6 Å². The fourth-order valence-electron chi connectivity index (χ4n) is 5.37. The Morgan fingerprint density at radius 2 is 1.56 bits per heavy atom. The number of rotatable bonds is 7. The van der Waals surface area contributed by atoms with Gasteiger partial charge in [-0.15, -0.1) is 0 Å². The Bertz CT molecular complexity index is 1060. The first-order chi connectivity index (χ1) is 16.2. The van der Waals surface area contributed by atoms with Gasteiger partial charge in [-0.2, -0.15) is 0 Å². The summed E-state index contributed by atoms with van der Waals surface area (Å²) in [6.07, 6.45) is 1.83. The number of nitrogens with zero attached hydrogens (tertiary/aromatic N) is 1. The molecule has 2 aliphatic rings. The van der Waals surface area contributed by atoms with Crippen LogP contribution < -0.4 is 5.32 Å². The number of fused-ring (bicyclic) bond motifs is 3. The van der Waals surface area contributed by atoms with Crippen molar-refractivity contribution in [3.8, 4) is 11.1 Å². The number of hydrogen-bond donors (Lipinski definition) is 2. The van der Waals surface area contributed by atoms with Crippen molar-refractivity contribution in [2.24, 2.45) is 0 Å². The third kappa shape index (κ3) is 4.04. The number of nitrogens with one attached hydrogen (secondary N) is 1. The van der Waals surface area contributed by atoms with Crippen LogP contribution in [0.3, 0.4) is 0 Å².